The number of likely N-dealkylation sites (tertiary alicyclic amines) is 1. The molecule has 2 aromatic carbocycles. The number of carbonyl (C=O) groups is 4. The molecular weight excluding hydrogens is 712 g/mol. The van der Waals surface area contributed by atoms with E-state index in [1.807, 2.05) is 0 Å². The molecule has 0 radical (unpaired) electrons. The highest BCUT2D eigenvalue weighted by Crippen LogP contribution is 2.69. The van der Waals surface area contributed by atoms with Crippen LogP contribution in [0.3, 0.4) is 0 Å². The number of carboxylic acid groups (broad SMARTS) is 1. The number of benzene rings is 2. The number of carboxylic acids is 1. The third-order valence-corrected chi connectivity index (χ3v) is 13.0. The number of hydrogen-bond acceptors (Lipinski definition) is 9. The van der Waals surface area contributed by atoms with Crippen molar-refractivity contribution in [2.45, 2.75) is 55.6 Å². The van der Waals surface area contributed by atoms with E-state index < -0.39 is 71.5 Å². The van der Waals surface area contributed by atoms with Crippen LogP contribution in [0.4, 0.5) is 18.9 Å². The zero-order valence-corrected chi connectivity index (χ0v) is 29.2. The summed E-state index contributed by atoms with van der Waals surface area (Å²) in [5.41, 5.74) is -0.631. The molecule has 7 rings (SSSR count). The number of H-pyrrole nitrogens is 1. The molecule has 3 N–H and O–H groups in total. The Bertz CT molecular complexity index is 1980. The van der Waals surface area contributed by atoms with Crippen molar-refractivity contribution >= 4 is 52.5 Å². The van der Waals surface area contributed by atoms with E-state index in [0.717, 1.165) is 38.8 Å². The van der Waals surface area contributed by atoms with Gasteiger partial charge in [0.05, 0.1) is 34.7 Å². The van der Waals surface area contributed by atoms with Crippen LogP contribution in [-0.2, 0) is 25.4 Å². The van der Waals surface area contributed by atoms with Crippen LogP contribution in [0, 0.1) is 35.5 Å². The Morgan fingerprint density at radius 1 is 1.04 bits per heavy atom. The van der Waals surface area contributed by atoms with Crippen LogP contribution in [0.25, 0.3) is 0 Å². The third kappa shape index (κ3) is 5.89. The quantitative estimate of drug-likeness (QED) is 0.230. The Balaban J connectivity index is 1.18. The lowest BCUT2D eigenvalue weighted by molar-refractivity contribution is -0.157. The number of alkyl halides is 3. The van der Waals surface area contributed by atoms with Crippen LogP contribution in [0.1, 0.15) is 49.1 Å². The summed E-state index contributed by atoms with van der Waals surface area (Å²) in [5, 5.41) is 12.8. The van der Waals surface area contributed by atoms with Crippen LogP contribution < -0.4 is 19.7 Å². The number of thiazole rings is 1. The number of imide groups is 1. The molecule has 8 atom stereocenters. The fourth-order valence-corrected chi connectivity index (χ4v) is 11.5. The van der Waals surface area contributed by atoms with Gasteiger partial charge in [-0.05, 0) is 66.8 Å². The van der Waals surface area contributed by atoms with Gasteiger partial charge in [0, 0.05) is 16.0 Å². The molecule has 0 spiro atoms. The van der Waals surface area contributed by atoms with E-state index in [9.17, 15) is 42.3 Å². The molecule has 3 aromatic rings. The first-order valence-electron chi connectivity index (χ1n) is 16.6. The number of aliphatic carboxylic acids is 1. The lowest BCUT2D eigenvalue weighted by atomic mass is 9.68. The van der Waals surface area contributed by atoms with Crippen LogP contribution in [-0.4, -0.2) is 63.2 Å². The minimum atomic E-state index is -4.67. The number of nitrogens with zero attached hydrogens (tertiary/aromatic N) is 1. The van der Waals surface area contributed by atoms with Gasteiger partial charge in [0.15, 0.2) is 18.1 Å². The highest BCUT2D eigenvalue weighted by molar-refractivity contribution is 8.00. The minimum absolute atomic E-state index is 0.132. The fourth-order valence-electron chi connectivity index (χ4n) is 8.66. The molecule has 11 nitrogen and oxygen atoms in total. The van der Waals surface area contributed by atoms with Crippen LogP contribution in [0.15, 0.2) is 52.3 Å². The number of thioether (sulfide) groups is 1. The number of hydrogen-bond donors (Lipinski definition) is 3. The molecule has 3 heterocycles. The van der Waals surface area contributed by atoms with E-state index in [2.05, 4.69) is 10.3 Å². The summed E-state index contributed by atoms with van der Waals surface area (Å²) in [6.07, 6.45) is -4.05. The minimum Gasteiger partial charge on any atom is -0.490 e. The molecule has 51 heavy (non-hydrogen) atoms. The Hall–Kier alpha value is -4.31. The molecular formula is C35H34F3N3O8S2. The second-order valence-electron chi connectivity index (χ2n) is 13.6. The van der Waals surface area contributed by atoms with Crippen molar-refractivity contribution in [1.29, 1.82) is 0 Å². The highest BCUT2D eigenvalue weighted by Gasteiger charge is 2.70. The van der Waals surface area contributed by atoms with E-state index in [1.54, 1.807) is 39.0 Å². The molecule has 2 aliphatic heterocycles. The Morgan fingerprint density at radius 3 is 2.41 bits per heavy atom. The Morgan fingerprint density at radius 2 is 1.75 bits per heavy atom. The first-order valence-corrected chi connectivity index (χ1v) is 18.3. The van der Waals surface area contributed by atoms with Crippen molar-refractivity contribution < 1.29 is 46.9 Å². The van der Waals surface area contributed by atoms with Crippen LogP contribution >= 0.6 is 23.1 Å². The number of ether oxygens (including phenoxy) is 2. The molecule has 4 aliphatic rings. The van der Waals surface area contributed by atoms with Gasteiger partial charge in [0.2, 0.25) is 11.8 Å². The van der Waals surface area contributed by atoms with Gasteiger partial charge in [0.1, 0.15) is 6.04 Å². The number of aromatic amines is 1. The van der Waals surface area contributed by atoms with Crippen molar-refractivity contribution in [3.8, 4) is 11.5 Å². The Kier molecular flexibility index (Phi) is 8.97. The van der Waals surface area contributed by atoms with Gasteiger partial charge in [-0.2, -0.15) is 13.2 Å². The number of amides is 3. The van der Waals surface area contributed by atoms with Crippen molar-refractivity contribution in [3.63, 3.8) is 0 Å². The second kappa shape index (κ2) is 13.0. The van der Waals surface area contributed by atoms with Gasteiger partial charge in [-0.15, -0.1) is 11.8 Å². The number of aromatic nitrogens is 1. The first kappa shape index (κ1) is 35.1. The van der Waals surface area contributed by atoms with Gasteiger partial charge in [-0.1, -0.05) is 43.4 Å². The average molecular weight is 746 g/mol. The summed E-state index contributed by atoms with van der Waals surface area (Å²) in [7, 11) is 0. The molecule has 270 valence electrons. The summed E-state index contributed by atoms with van der Waals surface area (Å²) in [6.45, 7) is 4.72. The summed E-state index contributed by atoms with van der Waals surface area (Å²) < 4.78 is 52.0. The highest BCUT2D eigenvalue weighted by atomic mass is 32.2. The number of para-hydroxylation sites is 1. The topological polar surface area (TPSA) is 155 Å². The van der Waals surface area contributed by atoms with Crippen molar-refractivity contribution in [3.05, 3.63) is 68.1 Å². The smallest absolute Gasteiger partial charge is 0.418 e. The van der Waals surface area contributed by atoms with Crippen molar-refractivity contribution in [2.24, 2.45) is 35.5 Å². The van der Waals surface area contributed by atoms with Crippen LogP contribution in [0.5, 0.6) is 11.5 Å². The predicted octanol–water partition coefficient (Wildman–Crippen LogP) is 5.45. The maximum absolute atomic E-state index is 14.0. The second-order valence-corrected chi connectivity index (χ2v) is 15.8. The van der Waals surface area contributed by atoms with Gasteiger partial charge in [-0.25, -0.2) is 4.79 Å². The summed E-state index contributed by atoms with van der Waals surface area (Å²) in [4.78, 5) is 69.8. The molecule has 1 saturated heterocycles. The zero-order valence-electron chi connectivity index (χ0n) is 27.6. The van der Waals surface area contributed by atoms with Crippen molar-refractivity contribution in [1.82, 2.24) is 9.88 Å². The molecule has 1 aromatic heterocycles. The van der Waals surface area contributed by atoms with Gasteiger partial charge >= 0.3 is 17.0 Å². The molecule has 16 heteroatoms. The van der Waals surface area contributed by atoms with E-state index in [4.69, 9.17) is 9.47 Å². The standard InChI is InChI=1S/C35H34F3N3O8S2/c1-4-48-21-11-15(9-10-20(21)49-13-22(42)39-19-8-6-5-7-18(19)35(36,37)38)23-24-16-12-17(28(24)50-30-29(23)51-34(47)40-30)26-25(16)31(43)41(32(26)44)27(14(2)3)33(45)46/h5-11,14,16-17,23-28H,4,12-13H2,1-3H3,(H,39,42)(H,40,47)(H,45,46)/t16?,17?,23-,24?,25?,26?,27?,28?/m1/s1. The number of fused-ring (bicyclic) bond motifs is 9. The normalized spacial score (nSPS) is 26.9. The zero-order chi connectivity index (χ0) is 36.5. The first-order chi connectivity index (χ1) is 24.2. The molecule has 2 bridgehead atoms. The monoisotopic (exact) mass is 745 g/mol. The van der Waals surface area contributed by atoms with Gasteiger partial charge in [0.25, 0.3) is 5.91 Å². The largest absolute Gasteiger partial charge is 0.490 e. The number of carbonyl (C=O) groups excluding carboxylic acids is 3. The number of halogens is 3. The van der Waals surface area contributed by atoms with Gasteiger partial charge < -0.3 is 24.9 Å². The maximum Gasteiger partial charge on any atom is 0.418 e. The average Bonchev–Trinajstić information content (AvgIpc) is 3.80. The summed E-state index contributed by atoms with van der Waals surface area (Å²) in [6, 6.07) is 8.49. The molecule has 3 amide bonds. The number of rotatable bonds is 10. The lowest BCUT2D eigenvalue weighted by Crippen LogP contribution is -2.49. The summed E-state index contributed by atoms with van der Waals surface area (Å²) >= 11 is 2.58. The third-order valence-electron chi connectivity index (χ3n) is 10.4. The molecule has 2 aliphatic carbocycles. The van der Waals surface area contributed by atoms with Crippen LogP contribution in [0.2, 0.25) is 0 Å². The lowest BCUT2D eigenvalue weighted by Gasteiger charge is -2.43. The van der Waals surface area contributed by atoms with E-state index in [-0.39, 0.29) is 51.9 Å². The van der Waals surface area contributed by atoms with E-state index in [1.165, 1.54) is 23.9 Å². The summed E-state index contributed by atoms with van der Waals surface area (Å²) in [5.74, 6) is -5.24. The maximum atomic E-state index is 14.0. The molecule has 7 unspecified atom stereocenters. The SMILES string of the molecule is CCOc1cc([C@H]2c3sc(=O)[nH]c3SC3C4CC(C5C(=O)N(C(C(=O)O)C(C)C)C(=O)C45)C32)ccc1OCC(=O)Nc1ccccc1C(F)(F)F. The molecule has 3 fully saturated rings. The van der Waals surface area contributed by atoms with Gasteiger partial charge in [-0.3, -0.25) is 24.1 Å². The molecule has 2 saturated carbocycles. The van der Waals surface area contributed by atoms with E-state index >= 15 is 0 Å². The number of anilines is 1. The number of nitrogens with one attached hydrogen (secondary N) is 2. The predicted molar refractivity (Wildman–Crippen MR) is 180 cm³/mol. The van der Waals surface area contributed by atoms with Crippen molar-refractivity contribution in [2.75, 3.05) is 18.5 Å². The Labute approximate surface area is 297 Å². The van der Waals surface area contributed by atoms with E-state index in [0.29, 0.717) is 11.4 Å². The fraction of sp³-hybridized carbons (Fsp3) is 0.457.